The molecule has 22 heavy (non-hydrogen) atoms. The number of hydrogen-bond donors (Lipinski definition) is 3. The standard InChI is InChI=1S/C15H23N5O2/c1-10-2-5-18-14(21)12(10)19-15(22)20-8-3-11(4-9-20)13-16-6-7-17-13/h6-7,10-12H,2-5,8-9H2,1H3,(H,16,17)(H,18,21)(H,19,22). The van der Waals surface area contributed by atoms with Crippen molar-refractivity contribution in [2.24, 2.45) is 5.92 Å². The van der Waals surface area contributed by atoms with Gasteiger partial charge in [0.15, 0.2) is 0 Å². The molecule has 1 aromatic rings. The van der Waals surface area contributed by atoms with Crippen molar-refractivity contribution in [3.8, 4) is 0 Å². The molecule has 2 aliphatic rings. The zero-order valence-corrected chi connectivity index (χ0v) is 12.8. The number of urea groups is 1. The summed E-state index contributed by atoms with van der Waals surface area (Å²) < 4.78 is 0. The Morgan fingerprint density at radius 2 is 2.14 bits per heavy atom. The molecule has 3 rings (SSSR count). The Morgan fingerprint density at radius 1 is 1.36 bits per heavy atom. The van der Waals surface area contributed by atoms with Gasteiger partial charge in [-0.2, -0.15) is 0 Å². The van der Waals surface area contributed by atoms with Gasteiger partial charge in [0.25, 0.3) is 0 Å². The van der Waals surface area contributed by atoms with Gasteiger partial charge >= 0.3 is 6.03 Å². The van der Waals surface area contributed by atoms with E-state index in [2.05, 4.69) is 20.6 Å². The number of imidazole rings is 1. The van der Waals surface area contributed by atoms with Crippen LogP contribution in [0.1, 0.15) is 37.9 Å². The van der Waals surface area contributed by atoms with E-state index in [9.17, 15) is 9.59 Å². The number of hydrogen-bond acceptors (Lipinski definition) is 3. The minimum atomic E-state index is -0.413. The molecule has 120 valence electrons. The Bertz CT molecular complexity index is 522. The number of amides is 3. The number of piperidine rings is 2. The zero-order valence-electron chi connectivity index (χ0n) is 12.8. The summed E-state index contributed by atoms with van der Waals surface area (Å²) in [6.45, 7) is 4.09. The topological polar surface area (TPSA) is 90.1 Å². The molecule has 0 saturated carbocycles. The summed E-state index contributed by atoms with van der Waals surface area (Å²) in [5, 5.41) is 5.70. The SMILES string of the molecule is CC1CCNC(=O)C1NC(=O)N1CCC(c2ncc[nH]2)CC1. The molecule has 0 bridgehead atoms. The normalized spacial score (nSPS) is 26.6. The van der Waals surface area contributed by atoms with Crippen LogP contribution in [0.5, 0.6) is 0 Å². The van der Waals surface area contributed by atoms with Gasteiger partial charge in [-0.1, -0.05) is 6.92 Å². The predicted molar refractivity (Wildman–Crippen MR) is 81.2 cm³/mol. The van der Waals surface area contributed by atoms with Gasteiger partial charge in [0, 0.05) is 37.9 Å². The number of rotatable bonds is 2. The van der Waals surface area contributed by atoms with E-state index < -0.39 is 6.04 Å². The van der Waals surface area contributed by atoms with Crippen molar-refractivity contribution in [2.45, 2.75) is 38.1 Å². The van der Waals surface area contributed by atoms with Gasteiger partial charge in [0.2, 0.25) is 5.91 Å². The maximum absolute atomic E-state index is 12.4. The van der Waals surface area contributed by atoms with Crippen LogP contribution in [0.15, 0.2) is 12.4 Å². The first kappa shape index (κ1) is 14.9. The molecule has 3 N–H and O–H groups in total. The van der Waals surface area contributed by atoms with Gasteiger partial charge in [0.05, 0.1) is 0 Å². The van der Waals surface area contributed by atoms with Crippen LogP contribution in [0.3, 0.4) is 0 Å². The molecule has 7 nitrogen and oxygen atoms in total. The third-order valence-corrected chi connectivity index (χ3v) is 4.72. The van der Waals surface area contributed by atoms with Crippen molar-refractivity contribution in [3.05, 3.63) is 18.2 Å². The quantitative estimate of drug-likeness (QED) is 0.755. The van der Waals surface area contributed by atoms with Gasteiger partial charge < -0.3 is 20.5 Å². The molecule has 1 aromatic heterocycles. The molecule has 2 saturated heterocycles. The Balaban J connectivity index is 1.52. The summed E-state index contributed by atoms with van der Waals surface area (Å²) in [5.74, 6) is 1.49. The van der Waals surface area contributed by atoms with Gasteiger partial charge in [0.1, 0.15) is 11.9 Å². The van der Waals surface area contributed by atoms with Crippen LogP contribution in [0.2, 0.25) is 0 Å². The van der Waals surface area contributed by atoms with E-state index in [1.54, 1.807) is 11.1 Å². The van der Waals surface area contributed by atoms with Crippen molar-refractivity contribution >= 4 is 11.9 Å². The second kappa shape index (κ2) is 6.37. The highest BCUT2D eigenvalue weighted by atomic mass is 16.2. The van der Waals surface area contributed by atoms with Gasteiger partial charge in [-0.15, -0.1) is 0 Å². The Kier molecular flexibility index (Phi) is 4.31. The lowest BCUT2D eigenvalue weighted by molar-refractivity contribution is -0.125. The molecule has 7 heteroatoms. The lowest BCUT2D eigenvalue weighted by atomic mass is 9.94. The molecular weight excluding hydrogens is 282 g/mol. The molecule has 0 radical (unpaired) electrons. The fraction of sp³-hybridized carbons (Fsp3) is 0.667. The monoisotopic (exact) mass is 305 g/mol. The molecule has 2 unspecified atom stereocenters. The first-order chi connectivity index (χ1) is 10.6. The van der Waals surface area contributed by atoms with E-state index in [0.717, 1.165) is 25.1 Å². The lowest BCUT2D eigenvalue weighted by Crippen LogP contribution is -2.57. The van der Waals surface area contributed by atoms with E-state index in [4.69, 9.17) is 0 Å². The van der Waals surface area contributed by atoms with E-state index in [-0.39, 0.29) is 17.9 Å². The van der Waals surface area contributed by atoms with E-state index in [0.29, 0.717) is 25.6 Å². The number of nitrogens with zero attached hydrogens (tertiary/aromatic N) is 2. The maximum atomic E-state index is 12.4. The van der Waals surface area contributed by atoms with Crippen LogP contribution < -0.4 is 10.6 Å². The Hall–Kier alpha value is -2.05. The highest BCUT2D eigenvalue weighted by molar-refractivity contribution is 5.87. The van der Waals surface area contributed by atoms with Crippen molar-refractivity contribution in [3.63, 3.8) is 0 Å². The number of carbonyl (C=O) groups excluding carboxylic acids is 2. The molecule has 2 fully saturated rings. The molecule has 0 aliphatic carbocycles. The highest BCUT2D eigenvalue weighted by Crippen LogP contribution is 2.25. The summed E-state index contributed by atoms with van der Waals surface area (Å²) in [5.41, 5.74) is 0. The summed E-state index contributed by atoms with van der Waals surface area (Å²) >= 11 is 0. The van der Waals surface area contributed by atoms with Crippen LogP contribution in [0.4, 0.5) is 4.79 Å². The number of carbonyl (C=O) groups is 2. The number of likely N-dealkylation sites (tertiary alicyclic amines) is 1. The Labute approximate surface area is 129 Å². The summed E-state index contributed by atoms with van der Waals surface area (Å²) in [7, 11) is 0. The fourth-order valence-electron chi connectivity index (χ4n) is 3.25. The Morgan fingerprint density at radius 3 is 2.77 bits per heavy atom. The second-order valence-corrected chi connectivity index (χ2v) is 6.22. The van der Waals surface area contributed by atoms with Gasteiger partial charge in [-0.3, -0.25) is 4.79 Å². The molecule has 2 aliphatic heterocycles. The van der Waals surface area contributed by atoms with Crippen LogP contribution in [0.25, 0.3) is 0 Å². The van der Waals surface area contributed by atoms with Gasteiger partial charge in [-0.25, -0.2) is 9.78 Å². The first-order valence-electron chi connectivity index (χ1n) is 7.97. The molecule has 3 amide bonds. The molecular formula is C15H23N5O2. The van der Waals surface area contributed by atoms with Crippen molar-refractivity contribution in [1.29, 1.82) is 0 Å². The largest absolute Gasteiger partial charge is 0.354 e. The smallest absolute Gasteiger partial charge is 0.318 e. The molecule has 3 heterocycles. The minimum Gasteiger partial charge on any atom is -0.354 e. The van der Waals surface area contributed by atoms with Crippen molar-refractivity contribution in [1.82, 2.24) is 25.5 Å². The number of nitrogens with one attached hydrogen (secondary N) is 3. The highest BCUT2D eigenvalue weighted by Gasteiger charge is 2.32. The summed E-state index contributed by atoms with van der Waals surface area (Å²) in [4.78, 5) is 33.5. The summed E-state index contributed by atoms with van der Waals surface area (Å²) in [6, 6.07) is -0.546. The number of H-pyrrole nitrogens is 1. The van der Waals surface area contributed by atoms with Crippen LogP contribution in [-0.2, 0) is 4.79 Å². The van der Waals surface area contributed by atoms with Crippen LogP contribution >= 0.6 is 0 Å². The van der Waals surface area contributed by atoms with Crippen molar-refractivity contribution in [2.75, 3.05) is 19.6 Å². The second-order valence-electron chi connectivity index (χ2n) is 6.22. The van der Waals surface area contributed by atoms with Crippen LogP contribution in [-0.4, -0.2) is 52.5 Å². The van der Waals surface area contributed by atoms with E-state index in [1.165, 1.54) is 0 Å². The lowest BCUT2D eigenvalue weighted by Gasteiger charge is -2.34. The third kappa shape index (κ3) is 3.08. The van der Waals surface area contributed by atoms with Crippen LogP contribution in [0, 0.1) is 5.92 Å². The fourth-order valence-corrected chi connectivity index (χ4v) is 3.25. The zero-order chi connectivity index (χ0) is 15.5. The summed E-state index contributed by atoms with van der Waals surface area (Å²) in [6.07, 6.45) is 6.28. The molecule has 0 spiro atoms. The molecule has 0 aromatic carbocycles. The van der Waals surface area contributed by atoms with Gasteiger partial charge in [-0.05, 0) is 25.2 Å². The average Bonchev–Trinajstić information content (AvgIpc) is 3.05. The predicted octanol–water partition coefficient (Wildman–Crippen LogP) is 0.823. The average molecular weight is 305 g/mol. The minimum absolute atomic E-state index is 0.0717. The number of aromatic amines is 1. The third-order valence-electron chi connectivity index (χ3n) is 4.72. The maximum Gasteiger partial charge on any atom is 0.318 e. The van der Waals surface area contributed by atoms with E-state index >= 15 is 0 Å². The molecule has 2 atom stereocenters. The first-order valence-corrected chi connectivity index (χ1v) is 7.97. The number of aromatic nitrogens is 2. The van der Waals surface area contributed by atoms with E-state index in [1.807, 2.05) is 13.1 Å². The van der Waals surface area contributed by atoms with Crippen molar-refractivity contribution < 1.29 is 9.59 Å².